The number of nitrogens with one attached hydrogen (secondary N) is 1. The van der Waals surface area contributed by atoms with Crippen LogP contribution in [-0.2, 0) is 6.42 Å². The Kier molecular flexibility index (Phi) is 2.23. The van der Waals surface area contributed by atoms with Gasteiger partial charge in [0, 0.05) is 18.2 Å². The first-order chi connectivity index (χ1) is 7.75. The molecule has 2 aliphatic rings. The largest absolute Gasteiger partial charge is 0.330 e. The van der Waals surface area contributed by atoms with Crippen molar-refractivity contribution in [1.29, 1.82) is 5.41 Å². The first kappa shape index (κ1) is 9.88. The van der Waals surface area contributed by atoms with Crippen molar-refractivity contribution in [2.45, 2.75) is 32.6 Å². The number of rotatable bonds is 1. The molecule has 2 nitrogen and oxygen atoms in total. The van der Waals surface area contributed by atoms with Gasteiger partial charge in [0.2, 0.25) is 0 Å². The lowest BCUT2D eigenvalue weighted by molar-refractivity contribution is 0.765. The van der Waals surface area contributed by atoms with Crippen LogP contribution in [0.25, 0.3) is 0 Å². The van der Waals surface area contributed by atoms with Crippen LogP contribution in [0.1, 0.15) is 30.4 Å². The van der Waals surface area contributed by atoms with E-state index < -0.39 is 0 Å². The first-order valence-corrected chi connectivity index (χ1v) is 6.21. The van der Waals surface area contributed by atoms with Gasteiger partial charge in [0.05, 0.1) is 0 Å². The maximum atomic E-state index is 8.21. The van der Waals surface area contributed by atoms with Gasteiger partial charge in [-0.3, -0.25) is 5.41 Å². The highest BCUT2D eigenvalue weighted by atomic mass is 15.2. The van der Waals surface area contributed by atoms with Gasteiger partial charge in [-0.05, 0) is 44.2 Å². The highest BCUT2D eigenvalue weighted by Crippen LogP contribution is 2.36. The van der Waals surface area contributed by atoms with Gasteiger partial charge in [0.15, 0.2) is 0 Å². The molecule has 0 saturated heterocycles. The molecule has 0 bridgehead atoms. The Balaban J connectivity index is 1.95. The Labute approximate surface area is 96.8 Å². The summed E-state index contributed by atoms with van der Waals surface area (Å²) in [4.78, 5) is 2.23. The van der Waals surface area contributed by atoms with Gasteiger partial charge >= 0.3 is 0 Å². The van der Waals surface area contributed by atoms with E-state index in [1.807, 2.05) is 0 Å². The van der Waals surface area contributed by atoms with E-state index in [1.165, 1.54) is 42.5 Å². The number of amidine groups is 1. The topological polar surface area (TPSA) is 27.1 Å². The van der Waals surface area contributed by atoms with Crippen LogP contribution < -0.4 is 4.90 Å². The number of anilines is 1. The fourth-order valence-corrected chi connectivity index (χ4v) is 2.55. The van der Waals surface area contributed by atoms with Crippen molar-refractivity contribution in [3.05, 3.63) is 29.3 Å². The molecule has 2 heteroatoms. The fourth-order valence-electron chi connectivity index (χ4n) is 2.55. The van der Waals surface area contributed by atoms with E-state index in [0.717, 1.165) is 12.4 Å². The minimum atomic E-state index is 0.548. The summed E-state index contributed by atoms with van der Waals surface area (Å²) in [5.74, 6) is 1.40. The molecule has 0 aromatic heterocycles. The summed E-state index contributed by atoms with van der Waals surface area (Å²) in [5.41, 5.74) is 4.05. The highest BCUT2D eigenvalue weighted by molar-refractivity contribution is 5.99. The van der Waals surface area contributed by atoms with Crippen molar-refractivity contribution in [3.8, 4) is 0 Å². The minimum absolute atomic E-state index is 0.548. The number of benzene rings is 1. The van der Waals surface area contributed by atoms with Crippen LogP contribution in [0, 0.1) is 18.3 Å². The molecule has 1 aliphatic heterocycles. The predicted molar refractivity (Wildman–Crippen MR) is 67.3 cm³/mol. The average molecular weight is 214 g/mol. The molecule has 16 heavy (non-hydrogen) atoms. The molecule has 1 aromatic rings. The molecular formula is C14H18N2. The lowest BCUT2D eigenvalue weighted by Crippen LogP contribution is -2.36. The SMILES string of the molecule is Cc1ccc2c(c1)CCCN2C(=N)C1CC1. The van der Waals surface area contributed by atoms with Gasteiger partial charge in [-0.2, -0.15) is 0 Å². The quantitative estimate of drug-likeness (QED) is 0.564. The van der Waals surface area contributed by atoms with E-state index >= 15 is 0 Å². The molecule has 0 radical (unpaired) electrons. The normalized spacial score (nSPS) is 19.4. The number of fused-ring (bicyclic) bond motifs is 1. The number of nitrogens with zero attached hydrogens (tertiary/aromatic N) is 1. The zero-order chi connectivity index (χ0) is 11.1. The van der Waals surface area contributed by atoms with Crippen molar-refractivity contribution >= 4 is 11.5 Å². The van der Waals surface area contributed by atoms with Crippen molar-refractivity contribution in [2.24, 2.45) is 5.92 Å². The summed E-state index contributed by atoms with van der Waals surface area (Å²) in [6.45, 7) is 3.18. The number of aryl methyl sites for hydroxylation is 2. The molecule has 1 heterocycles. The minimum Gasteiger partial charge on any atom is -0.330 e. The van der Waals surface area contributed by atoms with Gasteiger partial charge in [-0.15, -0.1) is 0 Å². The standard InChI is InChI=1S/C14H18N2/c1-10-4-7-13-12(9-10)3-2-8-16(13)14(15)11-5-6-11/h4,7,9,11,15H,2-3,5-6,8H2,1H3. The van der Waals surface area contributed by atoms with Crippen molar-refractivity contribution < 1.29 is 0 Å². The van der Waals surface area contributed by atoms with E-state index in [2.05, 4.69) is 30.0 Å². The molecule has 0 spiro atoms. The zero-order valence-corrected chi connectivity index (χ0v) is 9.79. The Morgan fingerprint density at radius 1 is 1.38 bits per heavy atom. The molecule has 0 amide bonds. The van der Waals surface area contributed by atoms with Gasteiger partial charge < -0.3 is 4.90 Å². The van der Waals surface area contributed by atoms with Crippen LogP contribution in [0.3, 0.4) is 0 Å². The van der Waals surface area contributed by atoms with Crippen molar-refractivity contribution in [1.82, 2.24) is 0 Å². The lowest BCUT2D eigenvalue weighted by atomic mass is 9.99. The molecule has 3 rings (SSSR count). The Morgan fingerprint density at radius 3 is 2.94 bits per heavy atom. The van der Waals surface area contributed by atoms with Crippen LogP contribution in [0.4, 0.5) is 5.69 Å². The second-order valence-corrected chi connectivity index (χ2v) is 5.05. The van der Waals surface area contributed by atoms with Crippen LogP contribution in [0.5, 0.6) is 0 Å². The molecule has 1 aromatic carbocycles. The molecule has 1 saturated carbocycles. The van der Waals surface area contributed by atoms with Crippen LogP contribution in [-0.4, -0.2) is 12.4 Å². The van der Waals surface area contributed by atoms with Crippen LogP contribution in [0.15, 0.2) is 18.2 Å². The first-order valence-electron chi connectivity index (χ1n) is 6.21. The summed E-state index contributed by atoms with van der Waals surface area (Å²) < 4.78 is 0. The Bertz CT molecular complexity index is 432. The van der Waals surface area contributed by atoms with E-state index in [-0.39, 0.29) is 0 Å². The highest BCUT2D eigenvalue weighted by Gasteiger charge is 2.32. The van der Waals surface area contributed by atoms with Gasteiger partial charge in [0.25, 0.3) is 0 Å². The van der Waals surface area contributed by atoms with Gasteiger partial charge in [-0.25, -0.2) is 0 Å². The monoisotopic (exact) mass is 214 g/mol. The molecule has 84 valence electrons. The zero-order valence-electron chi connectivity index (χ0n) is 9.79. The average Bonchev–Trinajstić information content (AvgIpc) is 3.10. The third-order valence-corrected chi connectivity index (χ3v) is 3.61. The van der Waals surface area contributed by atoms with E-state index in [4.69, 9.17) is 5.41 Å². The molecule has 0 unspecified atom stereocenters. The maximum Gasteiger partial charge on any atom is 0.103 e. The predicted octanol–water partition coefficient (Wildman–Crippen LogP) is 3.13. The third-order valence-electron chi connectivity index (χ3n) is 3.61. The molecular weight excluding hydrogens is 196 g/mol. The van der Waals surface area contributed by atoms with E-state index in [1.54, 1.807) is 0 Å². The third kappa shape index (κ3) is 1.62. The summed E-state index contributed by atoms with van der Waals surface area (Å²) in [6, 6.07) is 6.64. The number of hydrogen-bond acceptors (Lipinski definition) is 1. The van der Waals surface area contributed by atoms with E-state index in [0.29, 0.717) is 5.92 Å². The summed E-state index contributed by atoms with van der Waals surface area (Å²) in [6.07, 6.45) is 4.80. The van der Waals surface area contributed by atoms with Gasteiger partial charge in [-0.1, -0.05) is 17.7 Å². The smallest absolute Gasteiger partial charge is 0.103 e. The summed E-state index contributed by atoms with van der Waals surface area (Å²) >= 11 is 0. The summed E-state index contributed by atoms with van der Waals surface area (Å²) in [7, 11) is 0. The number of hydrogen-bond donors (Lipinski definition) is 1. The van der Waals surface area contributed by atoms with Crippen LogP contribution >= 0.6 is 0 Å². The molecule has 1 aliphatic carbocycles. The fraction of sp³-hybridized carbons (Fsp3) is 0.500. The Hall–Kier alpha value is -1.31. The second kappa shape index (κ2) is 3.62. The van der Waals surface area contributed by atoms with E-state index in [9.17, 15) is 0 Å². The Morgan fingerprint density at radius 2 is 2.19 bits per heavy atom. The molecule has 1 fully saturated rings. The summed E-state index contributed by atoms with van der Waals surface area (Å²) in [5, 5.41) is 8.21. The second-order valence-electron chi connectivity index (χ2n) is 5.05. The molecule has 1 N–H and O–H groups in total. The van der Waals surface area contributed by atoms with Crippen molar-refractivity contribution in [3.63, 3.8) is 0 Å². The van der Waals surface area contributed by atoms with Gasteiger partial charge in [0.1, 0.15) is 5.84 Å². The van der Waals surface area contributed by atoms with Crippen LogP contribution in [0.2, 0.25) is 0 Å². The molecule has 0 atom stereocenters. The maximum absolute atomic E-state index is 8.21. The van der Waals surface area contributed by atoms with Crippen molar-refractivity contribution in [2.75, 3.05) is 11.4 Å². The lowest BCUT2D eigenvalue weighted by Gasteiger charge is -2.31.